The van der Waals surface area contributed by atoms with Crippen LogP contribution in [0.5, 0.6) is 0 Å². The minimum atomic E-state index is -4.32. The minimum absolute atomic E-state index is 0.00757. The van der Waals surface area contributed by atoms with Crippen molar-refractivity contribution in [3.63, 3.8) is 0 Å². The zero-order valence-electron chi connectivity index (χ0n) is 17.2. The number of hydrogen-bond donors (Lipinski definition) is 3. The van der Waals surface area contributed by atoms with Crippen molar-refractivity contribution in [1.82, 2.24) is 10.3 Å². The molecule has 1 aromatic heterocycles. The molecule has 158 valence electrons. The molecule has 0 saturated heterocycles. The molecule has 1 unspecified atom stereocenters. The maximum Gasteiger partial charge on any atom is 0.416 e. The fourth-order valence-electron chi connectivity index (χ4n) is 3.55. The first kappa shape index (κ1) is 21.6. The number of alkyl halides is 3. The van der Waals surface area contributed by atoms with Crippen LogP contribution in [0.3, 0.4) is 0 Å². The van der Waals surface area contributed by atoms with Gasteiger partial charge in [0.15, 0.2) is 0 Å². The molecule has 3 nitrogen and oxygen atoms in total. The number of halogens is 3. The van der Waals surface area contributed by atoms with E-state index in [0.29, 0.717) is 12.8 Å². The normalized spacial score (nSPS) is 12.6. The minimum Gasteiger partial charge on any atom is -0.386 e. The smallest absolute Gasteiger partial charge is 0.386 e. The van der Waals surface area contributed by atoms with Gasteiger partial charge in [-0.2, -0.15) is 13.2 Å². The molecule has 0 fully saturated rings. The Morgan fingerprint density at radius 1 is 0.967 bits per heavy atom. The van der Waals surface area contributed by atoms with Gasteiger partial charge in [-0.1, -0.05) is 31.4 Å². The number of benzene rings is 2. The predicted octanol–water partition coefficient (Wildman–Crippen LogP) is 6.41. The van der Waals surface area contributed by atoms with E-state index in [9.17, 15) is 13.2 Å². The zero-order chi connectivity index (χ0) is 21.9. The maximum absolute atomic E-state index is 12.8. The molecule has 0 bridgehead atoms. The summed E-state index contributed by atoms with van der Waals surface area (Å²) >= 11 is 0. The van der Waals surface area contributed by atoms with Crippen LogP contribution in [0.15, 0.2) is 73.2 Å². The number of nitrogens with one attached hydrogen (secondary N) is 3. The van der Waals surface area contributed by atoms with Crippen LogP contribution in [0.25, 0.3) is 10.9 Å². The third-order valence-corrected chi connectivity index (χ3v) is 4.79. The standard InChI is InChI=1S/C24H26F3N3/c1-15(2)29-20(11-17-5-8-19(9-6-17)24(25,26)27)12-18-7-10-22-21(13-18)23(14-28-22)30-16(3)4/h5-10,13-14,20,28-30H,1,3,11-12H2,2,4H3. The van der Waals surface area contributed by atoms with Crippen LogP contribution < -0.4 is 10.6 Å². The van der Waals surface area contributed by atoms with Crippen molar-refractivity contribution in [3.8, 4) is 0 Å². The summed E-state index contributed by atoms with van der Waals surface area (Å²) in [6, 6.07) is 11.6. The fourth-order valence-corrected chi connectivity index (χ4v) is 3.55. The second-order valence-electron chi connectivity index (χ2n) is 7.71. The molecule has 6 heteroatoms. The number of hydrogen-bond acceptors (Lipinski definition) is 2. The molecule has 0 saturated carbocycles. The van der Waals surface area contributed by atoms with Crippen molar-refractivity contribution in [1.29, 1.82) is 0 Å². The fraction of sp³-hybridized carbons (Fsp3) is 0.250. The van der Waals surface area contributed by atoms with E-state index in [2.05, 4.69) is 40.9 Å². The molecule has 1 atom stereocenters. The highest BCUT2D eigenvalue weighted by atomic mass is 19.4. The van der Waals surface area contributed by atoms with Crippen LogP contribution in [0.2, 0.25) is 0 Å². The Hall–Kier alpha value is -3.15. The number of allylic oxidation sites excluding steroid dienone is 2. The quantitative estimate of drug-likeness (QED) is 0.399. The molecule has 3 N–H and O–H groups in total. The van der Waals surface area contributed by atoms with Crippen LogP contribution in [-0.4, -0.2) is 11.0 Å². The topological polar surface area (TPSA) is 39.9 Å². The molecule has 0 aliphatic carbocycles. The first-order valence-corrected chi connectivity index (χ1v) is 9.72. The summed E-state index contributed by atoms with van der Waals surface area (Å²) in [5.41, 5.74) is 4.99. The van der Waals surface area contributed by atoms with E-state index in [1.807, 2.05) is 26.1 Å². The average Bonchev–Trinajstić information content (AvgIpc) is 3.02. The summed E-state index contributed by atoms with van der Waals surface area (Å²) in [4.78, 5) is 3.24. The molecule has 0 spiro atoms. The third-order valence-electron chi connectivity index (χ3n) is 4.79. The Morgan fingerprint density at radius 2 is 1.60 bits per heavy atom. The van der Waals surface area contributed by atoms with E-state index >= 15 is 0 Å². The summed E-state index contributed by atoms with van der Waals surface area (Å²) in [7, 11) is 0. The summed E-state index contributed by atoms with van der Waals surface area (Å²) in [6.07, 6.45) is -1.11. The molecular weight excluding hydrogens is 387 g/mol. The molecule has 2 aromatic carbocycles. The largest absolute Gasteiger partial charge is 0.416 e. The summed E-state index contributed by atoms with van der Waals surface area (Å²) in [5.74, 6) is 0. The monoisotopic (exact) mass is 413 g/mol. The van der Waals surface area contributed by atoms with Crippen molar-refractivity contribution >= 4 is 16.6 Å². The van der Waals surface area contributed by atoms with E-state index in [1.54, 1.807) is 12.1 Å². The Kier molecular flexibility index (Phi) is 6.25. The van der Waals surface area contributed by atoms with Crippen LogP contribution in [0, 0.1) is 0 Å². The summed E-state index contributed by atoms with van der Waals surface area (Å²) < 4.78 is 38.5. The maximum atomic E-state index is 12.8. The van der Waals surface area contributed by atoms with E-state index in [4.69, 9.17) is 0 Å². The predicted molar refractivity (Wildman–Crippen MR) is 117 cm³/mol. The number of fused-ring (bicyclic) bond motifs is 1. The van der Waals surface area contributed by atoms with Gasteiger partial charge in [-0.3, -0.25) is 0 Å². The highest BCUT2D eigenvalue weighted by Gasteiger charge is 2.30. The lowest BCUT2D eigenvalue weighted by atomic mass is 9.97. The van der Waals surface area contributed by atoms with Gasteiger partial charge in [0, 0.05) is 34.5 Å². The van der Waals surface area contributed by atoms with E-state index in [0.717, 1.165) is 51.2 Å². The van der Waals surface area contributed by atoms with Gasteiger partial charge in [0.2, 0.25) is 0 Å². The number of rotatable bonds is 8. The lowest BCUT2D eigenvalue weighted by Gasteiger charge is -2.21. The average molecular weight is 413 g/mol. The van der Waals surface area contributed by atoms with Crippen molar-refractivity contribution in [2.45, 2.75) is 38.9 Å². The van der Waals surface area contributed by atoms with Gasteiger partial charge in [0.25, 0.3) is 0 Å². The Labute approximate surface area is 174 Å². The number of H-pyrrole nitrogens is 1. The molecule has 0 aliphatic rings. The number of anilines is 1. The molecule has 0 aliphatic heterocycles. The van der Waals surface area contributed by atoms with E-state index in [1.165, 1.54) is 0 Å². The lowest BCUT2D eigenvalue weighted by molar-refractivity contribution is -0.137. The highest BCUT2D eigenvalue weighted by Crippen LogP contribution is 2.29. The van der Waals surface area contributed by atoms with Gasteiger partial charge >= 0.3 is 6.18 Å². The van der Waals surface area contributed by atoms with E-state index < -0.39 is 11.7 Å². The van der Waals surface area contributed by atoms with E-state index in [-0.39, 0.29) is 6.04 Å². The summed E-state index contributed by atoms with van der Waals surface area (Å²) in [6.45, 7) is 11.6. The van der Waals surface area contributed by atoms with Crippen molar-refractivity contribution < 1.29 is 13.2 Å². The molecule has 0 amide bonds. The summed E-state index contributed by atoms with van der Waals surface area (Å²) in [5, 5.41) is 7.68. The van der Waals surface area contributed by atoms with Gasteiger partial charge in [-0.15, -0.1) is 0 Å². The first-order valence-electron chi connectivity index (χ1n) is 9.72. The zero-order valence-corrected chi connectivity index (χ0v) is 17.2. The second kappa shape index (κ2) is 8.69. The van der Waals surface area contributed by atoms with Gasteiger partial charge in [-0.05, 0) is 62.1 Å². The third kappa shape index (κ3) is 5.47. The first-order chi connectivity index (χ1) is 14.1. The van der Waals surface area contributed by atoms with Crippen LogP contribution in [0.4, 0.5) is 18.9 Å². The van der Waals surface area contributed by atoms with Gasteiger partial charge in [-0.25, -0.2) is 0 Å². The van der Waals surface area contributed by atoms with Crippen molar-refractivity contribution in [2.75, 3.05) is 5.32 Å². The Balaban J connectivity index is 1.80. The van der Waals surface area contributed by atoms with Crippen LogP contribution in [-0.2, 0) is 19.0 Å². The molecule has 3 rings (SSSR count). The second-order valence-corrected chi connectivity index (χ2v) is 7.71. The molecule has 0 radical (unpaired) electrons. The lowest BCUT2D eigenvalue weighted by Crippen LogP contribution is -2.31. The van der Waals surface area contributed by atoms with Gasteiger partial charge in [0.1, 0.15) is 0 Å². The number of aromatic nitrogens is 1. The van der Waals surface area contributed by atoms with Crippen LogP contribution >= 0.6 is 0 Å². The Bertz CT molecular complexity index is 1050. The molecule has 3 aromatic rings. The molecule has 1 heterocycles. The molecular formula is C24H26F3N3. The van der Waals surface area contributed by atoms with Crippen molar-refractivity contribution in [3.05, 3.63) is 89.9 Å². The van der Waals surface area contributed by atoms with Gasteiger partial charge < -0.3 is 15.6 Å². The highest BCUT2D eigenvalue weighted by molar-refractivity contribution is 5.93. The Morgan fingerprint density at radius 3 is 2.20 bits per heavy atom. The van der Waals surface area contributed by atoms with Crippen molar-refractivity contribution in [2.24, 2.45) is 0 Å². The van der Waals surface area contributed by atoms with Crippen LogP contribution in [0.1, 0.15) is 30.5 Å². The molecule has 30 heavy (non-hydrogen) atoms. The van der Waals surface area contributed by atoms with Gasteiger partial charge in [0.05, 0.1) is 11.3 Å². The SMILES string of the molecule is C=C(C)Nc1c[nH]c2ccc(CC(Cc3ccc(C(F)(F)F)cc3)NC(=C)C)cc12. The number of aromatic amines is 1.